The average molecular weight is 403 g/mol. The van der Waals surface area contributed by atoms with Crippen molar-refractivity contribution in [1.82, 2.24) is 9.88 Å². The van der Waals surface area contributed by atoms with E-state index in [1.165, 1.54) is 17.3 Å². The molecule has 0 radical (unpaired) electrons. The van der Waals surface area contributed by atoms with Crippen LogP contribution in [0.3, 0.4) is 0 Å². The topological polar surface area (TPSA) is 49.6 Å². The highest BCUT2D eigenvalue weighted by Crippen LogP contribution is 2.29. The molecule has 0 unspecified atom stereocenters. The quantitative estimate of drug-likeness (QED) is 0.641. The molecule has 1 saturated heterocycles. The smallest absolute Gasteiger partial charge is 0.264 e. The molecule has 146 valence electrons. The fourth-order valence-corrected chi connectivity index (χ4v) is 3.84. The van der Waals surface area contributed by atoms with Crippen molar-refractivity contribution in [3.63, 3.8) is 0 Å². The van der Waals surface area contributed by atoms with Gasteiger partial charge >= 0.3 is 0 Å². The highest BCUT2D eigenvalue weighted by Gasteiger charge is 2.24. The normalized spacial score (nSPS) is 16.4. The Morgan fingerprint density at radius 1 is 1.03 bits per heavy atom. The number of nitrogens with one attached hydrogen (secondary N) is 1. The summed E-state index contributed by atoms with van der Waals surface area (Å²) in [6, 6.07) is 20.2. The summed E-state index contributed by atoms with van der Waals surface area (Å²) in [6.45, 7) is 2.03. The van der Waals surface area contributed by atoms with E-state index < -0.39 is 0 Å². The number of benzene rings is 2. The number of carbonyl (C=O) groups excluding carboxylic acids is 1. The van der Waals surface area contributed by atoms with Crippen molar-refractivity contribution in [3.05, 3.63) is 83.0 Å². The summed E-state index contributed by atoms with van der Waals surface area (Å²) >= 11 is 1.36. The zero-order valence-electron chi connectivity index (χ0n) is 16.6. The first-order valence-electron chi connectivity index (χ1n) is 9.31. The van der Waals surface area contributed by atoms with Crippen LogP contribution in [0.2, 0.25) is 0 Å². The maximum atomic E-state index is 12.4. The lowest BCUT2D eigenvalue weighted by Crippen LogP contribution is -2.19. The molecular weight excluding hydrogens is 380 g/mol. The van der Waals surface area contributed by atoms with Crippen molar-refractivity contribution in [3.8, 4) is 5.69 Å². The molecule has 1 amide bonds. The number of amides is 1. The Balaban J connectivity index is 1.58. The van der Waals surface area contributed by atoms with Crippen LogP contribution in [0.25, 0.3) is 11.8 Å². The highest BCUT2D eigenvalue weighted by molar-refractivity contribution is 8.18. The SMILES string of the molecule is Cc1ccc(N=C2NC(=O)/C(=C/c3cccn3-c3ccc(N(C)C)cc3)S2)cc1. The molecule has 0 aliphatic carbocycles. The minimum Gasteiger partial charge on any atom is -0.378 e. The minimum absolute atomic E-state index is 0.128. The van der Waals surface area contributed by atoms with Crippen LogP contribution in [-0.4, -0.2) is 29.7 Å². The van der Waals surface area contributed by atoms with Gasteiger partial charge in [-0.2, -0.15) is 0 Å². The number of aromatic nitrogens is 1. The van der Waals surface area contributed by atoms with Crippen molar-refractivity contribution >= 4 is 40.3 Å². The molecule has 1 N–H and O–H groups in total. The van der Waals surface area contributed by atoms with Gasteiger partial charge in [-0.3, -0.25) is 4.79 Å². The summed E-state index contributed by atoms with van der Waals surface area (Å²) < 4.78 is 2.06. The largest absolute Gasteiger partial charge is 0.378 e. The Labute approximate surface area is 174 Å². The van der Waals surface area contributed by atoms with Crippen LogP contribution >= 0.6 is 11.8 Å². The van der Waals surface area contributed by atoms with E-state index >= 15 is 0 Å². The summed E-state index contributed by atoms with van der Waals surface area (Å²) in [6.07, 6.45) is 3.90. The van der Waals surface area contributed by atoms with Gasteiger partial charge in [-0.25, -0.2) is 4.99 Å². The molecule has 0 atom stereocenters. The van der Waals surface area contributed by atoms with Gasteiger partial charge in [-0.1, -0.05) is 17.7 Å². The van der Waals surface area contributed by atoms with Crippen molar-refractivity contribution in [2.45, 2.75) is 6.92 Å². The number of anilines is 1. The van der Waals surface area contributed by atoms with Gasteiger partial charge in [0.05, 0.1) is 10.6 Å². The third-order valence-corrected chi connectivity index (χ3v) is 5.53. The van der Waals surface area contributed by atoms with Crippen LogP contribution in [0.1, 0.15) is 11.3 Å². The lowest BCUT2D eigenvalue weighted by molar-refractivity contribution is -0.115. The second kappa shape index (κ2) is 8.01. The van der Waals surface area contributed by atoms with Crippen LogP contribution in [0.5, 0.6) is 0 Å². The number of thioether (sulfide) groups is 1. The lowest BCUT2D eigenvalue weighted by atomic mass is 10.2. The van der Waals surface area contributed by atoms with E-state index in [1.807, 2.05) is 69.7 Å². The third kappa shape index (κ3) is 4.27. The van der Waals surface area contributed by atoms with Crippen molar-refractivity contribution in [2.24, 2.45) is 4.99 Å². The van der Waals surface area contributed by atoms with E-state index in [2.05, 4.69) is 44.0 Å². The van der Waals surface area contributed by atoms with Gasteiger partial charge in [0.15, 0.2) is 5.17 Å². The van der Waals surface area contributed by atoms with Gasteiger partial charge in [0.1, 0.15) is 0 Å². The molecule has 5 nitrogen and oxygen atoms in total. The predicted octanol–water partition coefficient (Wildman–Crippen LogP) is 4.74. The maximum absolute atomic E-state index is 12.4. The number of amidine groups is 1. The fourth-order valence-electron chi connectivity index (χ4n) is 3.01. The molecule has 0 bridgehead atoms. The molecule has 4 rings (SSSR count). The number of hydrogen-bond acceptors (Lipinski definition) is 4. The molecule has 6 heteroatoms. The van der Waals surface area contributed by atoms with Crippen LogP contribution in [-0.2, 0) is 4.79 Å². The second-order valence-electron chi connectivity index (χ2n) is 7.03. The van der Waals surface area contributed by atoms with E-state index in [0.717, 1.165) is 22.8 Å². The Hall–Kier alpha value is -3.25. The minimum atomic E-state index is -0.128. The van der Waals surface area contributed by atoms with Gasteiger partial charge in [0.25, 0.3) is 5.91 Å². The molecule has 1 aliphatic heterocycles. The van der Waals surface area contributed by atoms with Gasteiger partial charge in [0.2, 0.25) is 0 Å². The highest BCUT2D eigenvalue weighted by atomic mass is 32.2. The predicted molar refractivity (Wildman–Crippen MR) is 122 cm³/mol. The number of aliphatic imine (C=N–C) groups is 1. The molecule has 1 aromatic heterocycles. The lowest BCUT2D eigenvalue weighted by Gasteiger charge is -2.13. The van der Waals surface area contributed by atoms with Crippen LogP contribution in [0.15, 0.2) is 76.8 Å². The summed E-state index contributed by atoms with van der Waals surface area (Å²) in [5, 5.41) is 3.45. The Kier molecular flexibility index (Phi) is 5.27. The molecule has 1 fully saturated rings. The Bertz CT molecular complexity index is 1090. The van der Waals surface area contributed by atoms with Gasteiger partial charge in [0, 0.05) is 37.4 Å². The first kappa shape index (κ1) is 19.1. The van der Waals surface area contributed by atoms with E-state index in [1.54, 1.807) is 0 Å². The van der Waals surface area contributed by atoms with Crippen LogP contribution < -0.4 is 10.2 Å². The van der Waals surface area contributed by atoms with Crippen molar-refractivity contribution < 1.29 is 4.79 Å². The van der Waals surface area contributed by atoms with E-state index in [9.17, 15) is 4.79 Å². The molecular formula is C23H22N4OS. The fraction of sp³-hybridized carbons (Fsp3) is 0.130. The van der Waals surface area contributed by atoms with Crippen LogP contribution in [0.4, 0.5) is 11.4 Å². The first-order valence-corrected chi connectivity index (χ1v) is 10.1. The van der Waals surface area contributed by atoms with Crippen molar-refractivity contribution in [2.75, 3.05) is 19.0 Å². The number of hydrogen-bond donors (Lipinski definition) is 1. The average Bonchev–Trinajstić information content (AvgIpc) is 3.30. The van der Waals surface area contributed by atoms with Crippen LogP contribution in [0, 0.1) is 6.92 Å². The molecule has 0 spiro atoms. The van der Waals surface area contributed by atoms with E-state index in [-0.39, 0.29) is 5.91 Å². The van der Waals surface area contributed by atoms with E-state index in [4.69, 9.17) is 0 Å². The number of carbonyl (C=O) groups is 1. The van der Waals surface area contributed by atoms with Gasteiger partial charge in [-0.05, 0) is 73.3 Å². The summed E-state index contributed by atoms with van der Waals surface area (Å²) in [4.78, 5) is 19.7. The zero-order valence-corrected chi connectivity index (χ0v) is 17.4. The summed E-state index contributed by atoms with van der Waals surface area (Å²) in [5.74, 6) is -0.128. The third-order valence-electron chi connectivity index (χ3n) is 4.62. The second-order valence-corrected chi connectivity index (χ2v) is 8.06. The van der Waals surface area contributed by atoms with Crippen molar-refractivity contribution in [1.29, 1.82) is 0 Å². The number of aryl methyl sites for hydroxylation is 1. The number of rotatable bonds is 4. The first-order chi connectivity index (χ1) is 14.0. The standard InChI is InChI=1S/C23H22N4OS/c1-16-6-8-17(9-7-16)24-23-25-22(28)21(29-23)15-20-5-4-14-27(20)19-12-10-18(11-13-19)26(2)3/h4-15H,1-3H3,(H,24,25,28)/b21-15-. The molecule has 1 aliphatic rings. The Morgan fingerprint density at radius 3 is 2.45 bits per heavy atom. The summed E-state index contributed by atoms with van der Waals surface area (Å²) in [5.41, 5.74) is 5.13. The molecule has 29 heavy (non-hydrogen) atoms. The van der Waals surface area contributed by atoms with Gasteiger partial charge < -0.3 is 14.8 Å². The van der Waals surface area contributed by atoms with Gasteiger partial charge in [-0.15, -0.1) is 0 Å². The molecule has 2 heterocycles. The maximum Gasteiger partial charge on any atom is 0.264 e. The number of nitrogens with zero attached hydrogens (tertiary/aromatic N) is 3. The monoisotopic (exact) mass is 402 g/mol. The molecule has 0 saturated carbocycles. The zero-order chi connectivity index (χ0) is 20.4. The summed E-state index contributed by atoms with van der Waals surface area (Å²) in [7, 11) is 4.04. The molecule has 3 aromatic rings. The molecule has 2 aromatic carbocycles. The van der Waals surface area contributed by atoms with E-state index in [0.29, 0.717) is 10.1 Å². The Morgan fingerprint density at radius 2 is 1.76 bits per heavy atom.